The number of nitrogens with zero attached hydrogens (tertiary/aromatic N) is 1. The Hall–Kier alpha value is -4.18. The van der Waals surface area contributed by atoms with Crippen LogP contribution in [0.3, 0.4) is 0 Å². The normalized spacial score (nSPS) is 14.5. The molecule has 0 aliphatic heterocycles. The molecule has 0 heterocycles. The fourth-order valence-corrected chi connectivity index (χ4v) is 4.80. The second kappa shape index (κ2) is 12.3. The van der Waals surface area contributed by atoms with Crippen LogP contribution in [0, 0.1) is 0 Å². The molecule has 3 atom stereocenters. The number of ether oxygens (including phenoxy) is 2. The predicted molar refractivity (Wildman–Crippen MR) is 143 cm³/mol. The van der Waals surface area contributed by atoms with Crippen LogP contribution in [-0.2, 0) is 23.9 Å². The Labute approximate surface area is 229 Å². The Morgan fingerprint density at radius 3 is 2.12 bits per heavy atom. The van der Waals surface area contributed by atoms with E-state index in [1.165, 1.54) is 6.92 Å². The van der Waals surface area contributed by atoms with E-state index in [1.807, 2.05) is 0 Å². The molecule has 7 nitrogen and oxygen atoms in total. The van der Waals surface area contributed by atoms with E-state index in [4.69, 9.17) is 9.47 Å². The zero-order valence-electron chi connectivity index (χ0n) is 22.3. The molecular weight excluding hydrogens is 527 g/mol. The molecule has 40 heavy (non-hydrogen) atoms. The minimum atomic E-state index is -5.39. The van der Waals surface area contributed by atoms with Crippen molar-refractivity contribution in [3.8, 4) is 0 Å². The smallest absolute Gasteiger partial charge is 0.467 e. The fraction of sp³-hybridized carbons (Fsp3) is 0.300. The van der Waals surface area contributed by atoms with Gasteiger partial charge in [-0.2, -0.15) is 13.2 Å². The molecule has 3 rings (SSSR count). The van der Waals surface area contributed by atoms with Crippen molar-refractivity contribution in [1.82, 2.24) is 4.90 Å². The van der Waals surface area contributed by atoms with Crippen LogP contribution in [0.2, 0.25) is 0 Å². The summed E-state index contributed by atoms with van der Waals surface area (Å²) in [4.78, 5) is 39.2. The lowest BCUT2D eigenvalue weighted by Gasteiger charge is -2.39. The Balaban J connectivity index is 2.15. The van der Waals surface area contributed by atoms with Gasteiger partial charge in [-0.05, 0) is 34.4 Å². The van der Waals surface area contributed by atoms with Crippen LogP contribution in [0.25, 0.3) is 16.3 Å². The van der Waals surface area contributed by atoms with Crippen molar-refractivity contribution >= 4 is 34.2 Å². The topological polar surface area (TPSA) is 93.1 Å². The fourth-order valence-electron chi connectivity index (χ4n) is 4.80. The van der Waals surface area contributed by atoms with E-state index in [9.17, 15) is 32.7 Å². The molecule has 1 amide bonds. The summed E-state index contributed by atoms with van der Waals surface area (Å²) >= 11 is 0. The maximum absolute atomic E-state index is 14.0. The van der Waals surface area contributed by atoms with E-state index in [0.29, 0.717) is 26.8 Å². The highest BCUT2D eigenvalue weighted by atomic mass is 19.4. The summed E-state index contributed by atoms with van der Waals surface area (Å²) in [5.74, 6) is -4.80. The van der Waals surface area contributed by atoms with Crippen LogP contribution in [0.1, 0.15) is 36.9 Å². The number of methoxy groups -OCH3 is 2. The number of hydrogen-bond donors (Lipinski definition) is 1. The Morgan fingerprint density at radius 2 is 1.52 bits per heavy atom. The molecular formula is C30H30F3NO6. The summed E-state index contributed by atoms with van der Waals surface area (Å²) in [5.41, 5.74) is -1.41. The third-order valence-electron chi connectivity index (χ3n) is 6.76. The van der Waals surface area contributed by atoms with Gasteiger partial charge in [-0.3, -0.25) is 4.79 Å². The van der Waals surface area contributed by atoms with E-state index < -0.39 is 54.5 Å². The number of benzene rings is 3. The van der Waals surface area contributed by atoms with Crippen molar-refractivity contribution < 1.29 is 42.1 Å². The molecule has 0 radical (unpaired) electrons. The van der Waals surface area contributed by atoms with E-state index in [1.54, 1.807) is 72.8 Å². The summed E-state index contributed by atoms with van der Waals surface area (Å²) in [6.45, 7) is 5.23. The molecule has 0 bridgehead atoms. The quantitative estimate of drug-likeness (QED) is 0.343. The zero-order chi connectivity index (χ0) is 29.7. The van der Waals surface area contributed by atoms with E-state index in [2.05, 4.69) is 6.58 Å². The Morgan fingerprint density at radius 1 is 0.925 bits per heavy atom. The molecule has 0 aliphatic carbocycles. The van der Waals surface area contributed by atoms with Gasteiger partial charge in [-0.15, -0.1) is 0 Å². The number of fused-ring (bicyclic) bond motifs is 1. The van der Waals surface area contributed by atoms with E-state index >= 15 is 0 Å². The number of carbonyl (C=O) groups is 3. The van der Waals surface area contributed by atoms with Crippen LogP contribution in [0.15, 0.2) is 79.4 Å². The molecule has 0 fully saturated rings. The minimum Gasteiger partial charge on any atom is -0.467 e. The van der Waals surface area contributed by atoms with Crippen molar-refractivity contribution in [3.05, 3.63) is 90.5 Å². The van der Waals surface area contributed by atoms with Crippen LogP contribution < -0.4 is 0 Å². The van der Waals surface area contributed by atoms with Crippen molar-refractivity contribution in [2.45, 2.75) is 43.6 Å². The monoisotopic (exact) mass is 557 g/mol. The summed E-state index contributed by atoms with van der Waals surface area (Å²) in [5, 5.41) is 12.8. The number of rotatable bonds is 10. The van der Waals surface area contributed by atoms with Crippen molar-refractivity contribution in [1.29, 1.82) is 0 Å². The molecule has 0 aromatic heterocycles. The number of carbonyl (C=O) groups excluding carboxylic acids is 3. The molecule has 3 aromatic rings. The second-order valence-electron chi connectivity index (χ2n) is 9.37. The number of esters is 2. The van der Waals surface area contributed by atoms with E-state index in [-0.39, 0.29) is 5.57 Å². The maximum atomic E-state index is 14.0. The number of amides is 1. The molecule has 3 aromatic carbocycles. The van der Waals surface area contributed by atoms with Crippen LogP contribution in [-0.4, -0.2) is 59.9 Å². The highest BCUT2D eigenvalue weighted by Gasteiger charge is 2.52. The first-order chi connectivity index (χ1) is 18.8. The van der Waals surface area contributed by atoms with Crippen molar-refractivity contribution in [3.63, 3.8) is 0 Å². The highest BCUT2D eigenvalue weighted by Crippen LogP contribution is 2.37. The third kappa shape index (κ3) is 6.51. The molecule has 1 N–H and O–H groups in total. The summed E-state index contributed by atoms with van der Waals surface area (Å²) in [7, 11) is 1.93. The maximum Gasteiger partial charge on any atom is 0.471 e. The van der Waals surface area contributed by atoms with Gasteiger partial charge in [0.25, 0.3) is 0 Å². The number of alkyl halides is 3. The SMILES string of the molecule is C=C(C[C@](O)(C[C@@H](C(=O)OC)N(C(=O)C(F)(F)F)[C@H](C)c1cccc2ccccc12)C(=O)OC)c1ccccc1. The molecule has 0 spiro atoms. The molecule has 0 saturated heterocycles. The van der Waals surface area contributed by atoms with Gasteiger partial charge in [0.2, 0.25) is 0 Å². The van der Waals surface area contributed by atoms with Gasteiger partial charge in [-0.25, -0.2) is 9.59 Å². The first-order valence-electron chi connectivity index (χ1n) is 12.3. The van der Waals surface area contributed by atoms with Gasteiger partial charge >= 0.3 is 24.0 Å². The average Bonchev–Trinajstić information content (AvgIpc) is 2.95. The molecule has 0 aliphatic rings. The molecule has 0 saturated carbocycles. The standard InChI is InChI=1S/C30H30F3NO6/c1-19(21-11-6-5-7-12-21)17-29(38,28(37)40-4)18-25(26(35)39-3)34(27(36)30(31,32)33)20(2)23-16-10-14-22-13-8-9-15-24(22)23/h5-16,20,25,38H,1,17-18H2,2-4H3/t20-,25+,29+/m1/s1. The first kappa shape index (κ1) is 30.4. The molecule has 0 unspecified atom stereocenters. The second-order valence-corrected chi connectivity index (χ2v) is 9.37. The lowest BCUT2D eigenvalue weighted by atomic mass is 9.85. The lowest BCUT2D eigenvalue weighted by Crippen LogP contribution is -2.56. The van der Waals surface area contributed by atoms with Crippen LogP contribution in [0.5, 0.6) is 0 Å². The highest BCUT2D eigenvalue weighted by molar-refractivity contribution is 5.91. The number of halogens is 3. The van der Waals surface area contributed by atoms with Crippen LogP contribution >= 0.6 is 0 Å². The Kier molecular flexibility index (Phi) is 9.36. The lowest BCUT2D eigenvalue weighted by molar-refractivity contribution is -0.195. The predicted octanol–water partition coefficient (Wildman–Crippen LogP) is 5.23. The summed E-state index contributed by atoms with van der Waals surface area (Å²) < 4.78 is 51.5. The minimum absolute atomic E-state index is 0.257. The number of hydrogen-bond acceptors (Lipinski definition) is 6. The number of aliphatic hydroxyl groups is 1. The largest absolute Gasteiger partial charge is 0.471 e. The van der Waals surface area contributed by atoms with E-state index in [0.717, 1.165) is 14.2 Å². The Bertz CT molecular complexity index is 1390. The average molecular weight is 558 g/mol. The van der Waals surface area contributed by atoms with Gasteiger partial charge in [0.05, 0.1) is 20.3 Å². The van der Waals surface area contributed by atoms with Gasteiger partial charge in [0, 0.05) is 12.8 Å². The third-order valence-corrected chi connectivity index (χ3v) is 6.76. The van der Waals surface area contributed by atoms with Crippen LogP contribution in [0.4, 0.5) is 13.2 Å². The van der Waals surface area contributed by atoms with Gasteiger partial charge in [0.1, 0.15) is 6.04 Å². The molecule has 10 heteroatoms. The molecule has 212 valence electrons. The first-order valence-corrected chi connectivity index (χ1v) is 12.3. The summed E-state index contributed by atoms with van der Waals surface area (Å²) in [6.07, 6.45) is -6.83. The van der Waals surface area contributed by atoms with Crippen molar-refractivity contribution in [2.75, 3.05) is 14.2 Å². The van der Waals surface area contributed by atoms with Gasteiger partial charge in [0.15, 0.2) is 5.60 Å². The van der Waals surface area contributed by atoms with Gasteiger partial charge in [-0.1, -0.05) is 79.4 Å². The zero-order valence-corrected chi connectivity index (χ0v) is 22.3. The van der Waals surface area contributed by atoms with Gasteiger partial charge < -0.3 is 19.5 Å². The summed E-state index contributed by atoms with van der Waals surface area (Å²) in [6, 6.07) is 16.9. The van der Waals surface area contributed by atoms with Crippen molar-refractivity contribution in [2.24, 2.45) is 0 Å².